The van der Waals surface area contributed by atoms with Crippen LogP contribution in [0.25, 0.3) is 0 Å². The first-order valence-corrected chi connectivity index (χ1v) is 3.41. The van der Waals surface area contributed by atoms with Crippen LogP contribution in [-0.4, -0.2) is 0 Å². The Hall–Kier alpha value is -0.740. The molecule has 0 aliphatic heterocycles. The molecule has 0 atom stereocenters. The molecule has 0 saturated carbocycles. The Morgan fingerprint density at radius 2 is 2.11 bits per heavy atom. The Bertz CT molecular complexity index is 114. The Kier molecular flexibility index (Phi) is 6.66. The maximum absolute atomic E-state index is 3.47. The monoisotopic (exact) mass is 122 g/mol. The second-order valence-electron chi connectivity index (χ2n) is 1.87. The van der Waals surface area contributed by atoms with Gasteiger partial charge in [-0.15, -0.1) is 5.73 Å². The smallest absolute Gasteiger partial charge is 0.0240 e. The Balaban J connectivity index is 3.08. The molecule has 0 nitrogen and oxygen atoms in total. The standard InChI is InChI=1S/C9H14/c1-3-5-7-9-8-6-4-2/h5-6,8H,1,4,7,9H2,2H3. The van der Waals surface area contributed by atoms with Crippen molar-refractivity contribution in [2.45, 2.75) is 26.2 Å². The van der Waals surface area contributed by atoms with Gasteiger partial charge in [-0.1, -0.05) is 25.7 Å². The van der Waals surface area contributed by atoms with Crippen molar-refractivity contribution in [2.75, 3.05) is 0 Å². The molecule has 0 heteroatoms. The molecule has 50 valence electrons. The van der Waals surface area contributed by atoms with Crippen LogP contribution in [0.5, 0.6) is 0 Å². The SMILES string of the molecule is C=C=CCCC=CCC. The van der Waals surface area contributed by atoms with Crippen molar-refractivity contribution in [2.24, 2.45) is 0 Å². The second kappa shape index (κ2) is 7.26. The van der Waals surface area contributed by atoms with Crippen LogP contribution in [0.3, 0.4) is 0 Å². The highest BCUT2D eigenvalue weighted by Crippen LogP contribution is 1.92. The molecule has 0 aromatic heterocycles. The molecule has 0 aromatic rings. The third-order valence-electron chi connectivity index (χ3n) is 1.02. The van der Waals surface area contributed by atoms with Crippen molar-refractivity contribution in [3.05, 3.63) is 30.5 Å². The summed E-state index contributed by atoms with van der Waals surface area (Å²) in [6, 6.07) is 0. The number of unbranched alkanes of at least 4 members (excludes halogenated alkanes) is 1. The summed E-state index contributed by atoms with van der Waals surface area (Å²) in [6.07, 6.45) is 9.65. The minimum Gasteiger partial charge on any atom is -0.133 e. The van der Waals surface area contributed by atoms with Gasteiger partial charge < -0.3 is 0 Å². The summed E-state index contributed by atoms with van der Waals surface area (Å²) in [5.74, 6) is 0. The topological polar surface area (TPSA) is 0 Å². The van der Waals surface area contributed by atoms with Crippen LogP contribution < -0.4 is 0 Å². The molecule has 0 aromatic carbocycles. The van der Waals surface area contributed by atoms with Gasteiger partial charge in [0.1, 0.15) is 0 Å². The van der Waals surface area contributed by atoms with Crippen LogP contribution in [0.1, 0.15) is 26.2 Å². The maximum atomic E-state index is 3.47. The fourth-order valence-corrected chi connectivity index (χ4v) is 0.566. The Morgan fingerprint density at radius 1 is 1.33 bits per heavy atom. The largest absolute Gasteiger partial charge is 0.133 e. The maximum Gasteiger partial charge on any atom is -0.0240 e. The summed E-state index contributed by atoms with van der Waals surface area (Å²) in [4.78, 5) is 0. The van der Waals surface area contributed by atoms with Crippen molar-refractivity contribution < 1.29 is 0 Å². The van der Waals surface area contributed by atoms with Gasteiger partial charge in [-0.2, -0.15) is 0 Å². The zero-order valence-corrected chi connectivity index (χ0v) is 6.06. The molecule has 9 heavy (non-hydrogen) atoms. The summed E-state index contributed by atoms with van der Waals surface area (Å²) < 4.78 is 0. The van der Waals surface area contributed by atoms with E-state index in [0.29, 0.717) is 0 Å². The highest BCUT2D eigenvalue weighted by atomic mass is 13.8. The summed E-state index contributed by atoms with van der Waals surface area (Å²) in [7, 11) is 0. The lowest BCUT2D eigenvalue weighted by Crippen LogP contribution is -1.61. The average Bonchev–Trinajstić information content (AvgIpc) is 1.89. The fourth-order valence-electron chi connectivity index (χ4n) is 0.566. The molecule has 0 heterocycles. The van der Waals surface area contributed by atoms with E-state index >= 15 is 0 Å². The molecular formula is C9H14. The van der Waals surface area contributed by atoms with E-state index in [2.05, 4.69) is 31.4 Å². The first-order valence-electron chi connectivity index (χ1n) is 3.41. The van der Waals surface area contributed by atoms with E-state index in [1.54, 1.807) is 0 Å². The van der Waals surface area contributed by atoms with Crippen LogP contribution in [0.15, 0.2) is 30.5 Å². The zero-order valence-electron chi connectivity index (χ0n) is 6.06. The predicted octanol–water partition coefficient (Wildman–Crippen LogP) is 3.07. The fraction of sp³-hybridized carbons (Fsp3) is 0.444. The van der Waals surface area contributed by atoms with Gasteiger partial charge in [0.15, 0.2) is 0 Å². The van der Waals surface area contributed by atoms with Crippen molar-refractivity contribution >= 4 is 0 Å². The molecule has 0 spiro atoms. The summed E-state index contributed by atoms with van der Waals surface area (Å²) >= 11 is 0. The Morgan fingerprint density at radius 3 is 2.67 bits per heavy atom. The number of hydrogen-bond donors (Lipinski definition) is 0. The zero-order chi connectivity index (χ0) is 6.95. The third kappa shape index (κ3) is 7.26. The molecular weight excluding hydrogens is 108 g/mol. The van der Waals surface area contributed by atoms with E-state index in [9.17, 15) is 0 Å². The first-order chi connectivity index (χ1) is 4.41. The molecule has 0 aliphatic rings. The van der Waals surface area contributed by atoms with E-state index in [0.717, 1.165) is 19.3 Å². The van der Waals surface area contributed by atoms with E-state index in [4.69, 9.17) is 0 Å². The summed E-state index contributed by atoms with van der Waals surface area (Å²) in [5, 5.41) is 0. The molecule has 0 saturated heterocycles. The van der Waals surface area contributed by atoms with E-state index in [-0.39, 0.29) is 0 Å². The Labute approximate surface area is 57.6 Å². The van der Waals surface area contributed by atoms with Gasteiger partial charge in [-0.25, -0.2) is 0 Å². The van der Waals surface area contributed by atoms with E-state index in [1.807, 2.05) is 6.08 Å². The molecule has 0 unspecified atom stereocenters. The minimum absolute atomic E-state index is 1.07. The number of allylic oxidation sites excluding steroid dienone is 3. The van der Waals surface area contributed by atoms with Crippen molar-refractivity contribution in [1.29, 1.82) is 0 Å². The van der Waals surface area contributed by atoms with Crippen LogP contribution in [-0.2, 0) is 0 Å². The molecule has 0 radical (unpaired) electrons. The van der Waals surface area contributed by atoms with Crippen LogP contribution in [0.4, 0.5) is 0 Å². The van der Waals surface area contributed by atoms with Gasteiger partial charge in [0, 0.05) is 0 Å². The lowest BCUT2D eigenvalue weighted by atomic mass is 10.2. The molecule has 0 fully saturated rings. The molecule has 0 amide bonds. The lowest BCUT2D eigenvalue weighted by Gasteiger charge is -1.81. The molecule has 0 N–H and O–H groups in total. The van der Waals surface area contributed by atoms with Gasteiger partial charge >= 0.3 is 0 Å². The summed E-state index contributed by atoms with van der Waals surface area (Å²) in [6.45, 7) is 5.61. The van der Waals surface area contributed by atoms with Gasteiger partial charge in [0.05, 0.1) is 0 Å². The predicted molar refractivity (Wildman–Crippen MR) is 42.4 cm³/mol. The van der Waals surface area contributed by atoms with Crippen LogP contribution >= 0.6 is 0 Å². The minimum atomic E-state index is 1.07. The van der Waals surface area contributed by atoms with E-state index < -0.39 is 0 Å². The number of hydrogen-bond acceptors (Lipinski definition) is 0. The third-order valence-corrected chi connectivity index (χ3v) is 1.02. The number of rotatable bonds is 4. The van der Waals surface area contributed by atoms with Crippen molar-refractivity contribution in [3.8, 4) is 0 Å². The van der Waals surface area contributed by atoms with Gasteiger partial charge in [-0.05, 0) is 25.3 Å². The van der Waals surface area contributed by atoms with Crippen molar-refractivity contribution in [1.82, 2.24) is 0 Å². The van der Waals surface area contributed by atoms with Crippen LogP contribution in [0, 0.1) is 0 Å². The molecule has 0 rings (SSSR count). The van der Waals surface area contributed by atoms with Gasteiger partial charge in [0.2, 0.25) is 0 Å². The second-order valence-corrected chi connectivity index (χ2v) is 1.87. The summed E-state index contributed by atoms with van der Waals surface area (Å²) in [5.41, 5.74) is 2.74. The molecule has 0 bridgehead atoms. The van der Waals surface area contributed by atoms with Gasteiger partial charge in [-0.3, -0.25) is 0 Å². The van der Waals surface area contributed by atoms with Crippen LogP contribution in [0.2, 0.25) is 0 Å². The highest BCUT2D eigenvalue weighted by molar-refractivity contribution is 4.85. The first kappa shape index (κ1) is 8.26. The normalized spacial score (nSPS) is 9.44. The average molecular weight is 122 g/mol. The van der Waals surface area contributed by atoms with E-state index in [1.165, 1.54) is 0 Å². The quantitative estimate of drug-likeness (QED) is 0.305. The lowest BCUT2D eigenvalue weighted by molar-refractivity contribution is 1.04. The molecule has 0 aliphatic carbocycles. The highest BCUT2D eigenvalue weighted by Gasteiger charge is 1.72. The van der Waals surface area contributed by atoms with Gasteiger partial charge in [0.25, 0.3) is 0 Å². The van der Waals surface area contributed by atoms with Crippen molar-refractivity contribution in [3.63, 3.8) is 0 Å².